The van der Waals surface area contributed by atoms with Gasteiger partial charge in [0.2, 0.25) is 11.8 Å². The number of rotatable bonds is 11. The summed E-state index contributed by atoms with van der Waals surface area (Å²) in [6, 6.07) is 22.6. The second-order valence-corrected chi connectivity index (χ2v) is 17.4. The van der Waals surface area contributed by atoms with Crippen LogP contribution in [-0.2, 0) is 23.2 Å². The van der Waals surface area contributed by atoms with Crippen molar-refractivity contribution in [3.8, 4) is 22.9 Å². The van der Waals surface area contributed by atoms with Crippen molar-refractivity contribution in [1.29, 1.82) is 0 Å². The van der Waals surface area contributed by atoms with E-state index in [4.69, 9.17) is 16.3 Å². The minimum Gasteiger partial charge on any atom is -0.453 e. The summed E-state index contributed by atoms with van der Waals surface area (Å²) in [7, 11) is 1.85. The monoisotopic (exact) mass is 867 g/mol. The van der Waals surface area contributed by atoms with Crippen molar-refractivity contribution < 1.29 is 23.9 Å². The summed E-state index contributed by atoms with van der Waals surface area (Å²) in [5.41, 5.74) is 6.74. The number of piperidine rings is 3. The van der Waals surface area contributed by atoms with E-state index in [2.05, 4.69) is 47.7 Å². The van der Waals surface area contributed by atoms with Gasteiger partial charge in [-0.1, -0.05) is 35.9 Å². The molecule has 0 radical (unpaired) electrons. The van der Waals surface area contributed by atoms with Crippen molar-refractivity contribution in [3.05, 3.63) is 118 Å². The Bertz CT molecular complexity index is 2660. The summed E-state index contributed by atoms with van der Waals surface area (Å²) in [5, 5.41) is 10.2. The molecule has 1 atom stereocenters. The van der Waals surface area contributed by atoms with Crippen molar-refractivity contribution in [2.45, 2.75) is 64.3 Å². The lowest BCUT2D eigenvalue weighted by molar-refractivity contribution is -0.134. The molecule has 6 heterocycles. The van der Waals surface area contributed by atoms with Crippen LogP contribution < -0.4 is 20.3 Å². The molecule has 0 aliphatic carbocycles. The van der Waals surface area contributed by atoms with Crippen molar-refractivity contribution in [2.75, 3.05) is 31.1 Å². The molecule has 3 fully saturated rings. The van der Waals surface area contributed by atoms with Crippen LogP contribution in [-0.4, -0.2) is 79.4 Å². The fraction of sp³-hybridized carbons (Fsp3) is 0.354. The molecule has 63 heavy (non-hydrogen) atoms. The van der Waals surface area contributed by atoms with Crippen LogP contribution in [0, 0.1) is 18.8 Å². The Labute approximate surface area is 370 Å². The molecule has 14 nitrogen and oxygen atoms in total. The summed E-state index contributed by atoms with van der Waals surface area (Å²) in [6.45, 7) is 5.68. The highest BCUT2D eigenvalue weighted by Gasteiger charge is 2.30. The molecule has 0 spiro atoms. The van der Waals surface area contributed by atoms with Crippen LogP contribution in [0.2, 0.25) is 5.02 Å². The molecule has 3 aliphatic rings. The number of amides is 4. The highest BCUT2D eigenvalue weighted by Crippen LogP contribution is 2.37. The topological polar surface area (TPSA) is 167 Å². The molecule has 6 aromatic rings. The van der Waals surface area contributed by atoms with E-state index in [9.17, 15) is 19.2 Å². The molecule has 3 aliphatic heterocycles. The van der Waals surface area contributed by atoms with E-state index in [-0.39, 0.29) is 36.1 Å². The number of H-pyrrole nitrogens is 1. The molecule has 324 valence electrons. The molecule has 0 bridgehead atoms. The molecule has 0 unspecified atom stereocenters. The highest BCUT2D eigenvalue weighted by atomic mass is 35.5. The van der Waals surface area contributed by atoms with Gasteiger partial charge >= 0.3 is 0 Å². The van der Waals surface area contributed by atoms with Gasteiger partial charge in [0.1, 0.15) is 22.1 Å². The average molecular weight is 868 g/mol. The Morgan fingerprint density at radius 3 is 2.33 bits per heavy atom. The molecular weight excluding hydrogens is 818 g/mol. The number of nitrogens with one attached hydrogen (secondary N) is 3. The first-order valence-corrected chi connectivity index (χ1v) is 22.1. The lowest BCUT2D eigenvalue weighted by Crippen LogP contribution is -2.40. The second-order valence-electron chi connectivity index (χ2n) is 17.0. The van der Waals surface area contributed by atoms with Gasteiger partial charge in [-0.25, -0.2) is 9.97 Å². The van der Waals surface area contributed by atoms with Crippen LogP contribution in [0.4, 0.5) is 5.69 Å². The van der Waals surface area contributed by atoms with Gasteiger partial charge in [-0.05, 0) is 117 Å². The summed E-state index contributed by atoms with van der Waals surface area (Å²) in [4.78, 5) is 67.3. The maximum Gasteiger partial charge on any atom is 0.253 e. The first-order valence-electron chi connectivity index (χ1n) is 21.7. The van der Waals surface area contributed by atoms with E-state index in [1.807, 2.05) is 61.5 Å². The first kappa shape index (κ1) is 41.8. The van der Waals surface area contributed by atoms with Gasteiger partial charge in [0.15, 0.2) is 11.4 Å². The van der Waals surface area contributed by atoms with E-state index in [1.54, 1.807) is 28.9 Å². The predicted octanol–water partition coefficient (Wildman–Crippen LogP) is 7.72. The van der Waals surface area contributed by atoms with Crippen LogP contribution in [0.15, 0.2) is 85.2 Å². The molecule has 9 rings (SSSR count). The summed E-state index contributed by atoms with van der Waals surface area (Å²) in [5.74, 6) is 1.87. The smallest absolute Gasteiger partial charge is 0.253 e. The van der Waals surface area contributed by atoms with E-state index in [0.717, 1.165) is 74.2 Å². The van der Waals surface area contributed by atoms with Gasteiger partial charge in [-0.15, -0.1) is 0 Å². The predicted molar refractivity (Wildman–Crippen MR) is 240 cm³/mol. The SMILES string of the molecule is Cc1nn(C)cc1-c1nc2ncc(Cl)c(Oc3ccc(C(=O)NCc4cccc(C(=O)N5CCC(CC6CCN(c7ccc([C@@H]8CCC(=O)NC8=O)cc7)CC6)CC5)c4)cc3)c2[nH]1. The third-order valence-electron chi connectivity index (χ3n) is 12.7. The number of anilines is 1. The number of aryl methyl sites for hydroxylation is 2. The lowest BCUT2D eigenvalue weighted by atomic mass is 9.82. The van der Waals surface area contributed by atoms with Gasteiger partial charge in [-0.3, -0.25) is 29.2 Å². The summed E-state index contributed by atoms with van der Waals surface area (Å²) >= 11 is 6.53. The molecule has 3 N–H and O–H groups in total. The number of aromatic amines is 1. The van der Waals surface area contributed by atoms with Crippen LogP contribution in [0.5, 0.6) is 11.5 Å². The zero-order chi connectivity index (χ0) is 43.6. The number of pyridine rings is 1. The number of nitrogens with zero attached hydrogens (tertiary/aromatic N) is 6. The number of hydrogen-bond donors (Lipinski definition) is 3. The number of halogens is 1. The number of carbonyl (C=O) groups excluding carboxylic acids is 4. The van der Waals surface area contributed by atoms with Crippen molar-refractivity contribution in [1.82, 2.24) is 40.3 Å². The Morgan fingerprint density at radius 2 is 1.63 bits per heavy atom. The number of imide groups is 1. The molecule has 3 aromatic heterocycles. The number of fused-ring (bicyclic) bond motifs is 1. The van der Waals surface area contributed by atoms with Crippen LogP contribution >= 0.6 is 11.6 Å². The zero-order valence-corrected chi connectivity index (χ0v) is 36.2. The number of hydrogen-bond acceptors (Lipinski definition) is 9. The molecule has 4 amide bonds. The number of aromatic nitrogens is 5. The minimum absolute atomic E-state index is 0.0271. The Hall–Kier alpha value is -6.54. The third kappa shape index (κ3) is 9.31. The molecular formula is C48H50ClN9O5. The number of carbonyl (C=O) groups is 4. The van der Waals surface area contributed by atoms with Crippen molar-refractivity contribution in [2.24, 2.45) is 18.9 Å². The maximum absolute atomic E-state index is 13.6. The maximum atomic E-state index is 13.6. The van der Waals surface area contributed by atoms with Gasteiger partial charge in [0.25, 0.3) is 11.8 Å². The van der Waals surface area contributed by atoms with E-state index < -0.39 is 0 Å². The lowest BCUT2D eigenvalue weighted by Gasteiger charge is -2.37. The minimum atomic E-state index is -0.260. The van der Waals surface area contributed by atoms with Crippen LogP contribution in [0.25, 0.3) is 22.6 Å². The largest absolute Gasteiger partial charge is 0.453 e. The number of benzene rings is 3. The Morgan fingerprint density at radius 1 is 0.905 bits per heavy atom. The van der Waals surface area contributed by atoms with Gasteiger partial charge in [-0.2, -0.15) is 5.10 Å². The standard InChI is InChI=1S/C48H50ClN9O5/c1-29-39(28-56(2)55-29)44-53-42-43(40(49)27-50-45(42)54-44)63-37-12-8-34(9-13-37)46(60)51-26-32-4-3-5-35(25-32)48(62)58-22-18-31(19-23-58)24-30-16-20-57(21-17-30)36-10-6-33(7-11-36)38-14-15-41(59)52-47(38)61/h3-13,25,27-28,30-31,38H,14-24,26H2,1-2H3,(H,51,60)(H,50,53,54)(H,52,59,61)/t38-/m0/s1. The van der Waals surface area contributed by atoms with E-state index in [0.29, 0.717) is 69.3 Å². The van der Waals surface area contributed by atoms with Crippen molar-refractivity contribution >= 4 is 52.1 Å². The second kappa shape index (κ2) is 18.1. The van der Waals surface area contributed by atoms with Gasteiger partial charge < -0.3 is 24.8 Å². The Balaban J connectivity index is 0.723. The molecule has 3 saturated heterocycles. The summed E-state index contributed by atoms with van der Waals surface area (Å²) < 4.78 is 7.91. The van der Waals surface area contributed by atoms with Gasteiger partial charge in [0.05, 0.1) is 23.4 Å². The summed E-state index contributed by atoms with van der Waals surface area (Å²) in [6.07, 6.45) is 9.80. The quantitative estimate of drug-likeness (QED) is 0.111. The molecule has 0 saturated carbocycles. The molecule has 3 aromatic carbocycles. The zero-order valence-electron chi connectivity index (χ0n) is 35.4. The van der Waals surface area contributed by atoms with Crippen LogP contribution in [0.1, 0.15) is 88.4 Å². The number of ether oxygens (including phenoxy) is 1. The Kier molecular flexibility index (Phi) is 12.0. The first-order chi connectivity index (χ1) is 30.5. The highest BCUT2D eigenvalue weighted by molar-refractivity contribution is 6.32. The fourth-order valence-electron chi connectivity index (χ4n) is 9.24. The van der Waals surface area contributed by atoms with Gasteiger partial charge in [0, 0.05) is 69.2 Å². The number of likely N-dealkylation sites (tertiary alicyclic amines) is 1. The van der Waals surface area contributed by atoms with Crippen molar-refractivity contribution in [3.63, 3.8) is 0 Å². The third-order valence-corrected chi connectivity index (χ3v) is 13.0. The fourth-order valence-corrected chi connectivity index (χ4v) is 9.43. The normalized spacial score (nSPS) is 17.5. The van der Waals surface area contributed by atoms with E-state index in [1.165, 1.54) is 18.3 Å². The van der Waals surface area contributed by atoms with Crippen LogP contribution in [0.3, 0.4) is 0 Å². The average Bonchev–Trinajstić information content (AvgIpc) is 3.89. The van der Waals surface area contributed by atoms with E-state index >= 15 is 0 Å². The number of imidazole rings is 1. The molecule has 15 heteroatoms.